The van der Waals surface area contributed by atoms with Crippen molar-refractivity contribution in [3.05, 3.63) is 29.8 Å². The lowest BCUT2D eigenvalue weighted by Gasteiger charge is -2.06. The molecular weight excluding hydrogens is 272 g/mol. The summed E-state index contributed by atoms with van der Waals surface area (Å²) in [4.78, 5) is 11.1. The minimum Gasteiger partial charge on any atom is -0.322 e. The fourth-order valence-corrected chi connectivity index (χ4v) is 1.79. The first-order chi connectivity index (χ1) is 5.62. The maximum Gasteiger partial charge on any atom is 0.277 e. The van der Waals surface area contributed by atoms with E-state index in [4.69, 9.17) is 0 Å². The Morgan fingerprint density at radius 3 is 2.75 bits per heavy atom. The van der Waals surface area contributed by atoms with Gasteiger partial charge in [-0.15, -0.1) is 0 Å². The number of anilines is 1. The Morgan fingerprint density at radius 1 is 1.42 bits per heavy atom. The molecule has 4 heteroatoms. The van der Waals surface area contributed by atoms with Crippen LogP contribution in [0.4, 0.5) is 10.1 Å². The number of carbonyl (C=O) groups is 1. The zero-order valence-electron chi connectivity index (χ0n) is 5.97. The molecule has 0 aliphatic carbocycles. The Bertz CT molecular complexity index is 351. The average molecular weight is 277 g/mol. The second-order valence-corrected chi connectivity index (χ2v) is 4.06. The average Bonchev–Trinajstić information content (AvgIpc) is 2.25. The molecule has 0 fully saturated rings. The van der Waals surface area contributed by atoms with Crippen molar-refractivity contribution in [2.75, 3.05) is 5.32 Å². The quantitative estimate of drug-likeness (QED) is 0.571. The Morgan fingerprint density at radius 2 is 2.08 bits per heavy atom. The summed E-state index contributed by atoms with van der Waals surface area (Å²) in [6.07, 6.45) is 0. The SMILES string of the molecule is O=C1Nc2ccccc2C1(F)I. The van der Waals surface area contributed by atoms with Gasteiger partial charge in [-0.3, -0.25) is 4.79 Å². The van der Waals surface area contributed by atoms with Crippen molar-refractivity contribution in [3.63, 3.8) is 0 Å². The normalized spacial score (nSPS) is 26.7. The predicted molar refractivity (Wildman–Crippen MR) is 51.9 cm³/mol. The summed E-state index contributed by atoms with van der Waals surface area (Å²) < 4.78 is 11.7. The highest BCUT2D eigenvalue weighted by atomic mass is 127. The lowest BCUT2D eigenvalue weighted by Crippen LogP contribution is -2.21. The molecule has 0 aromatic heterocycles. The maximum atomic E-state index is 13.6. The van der Waals surface area contributed by atoms with Crippen molar-refractivity contribution < 1.29 is 9.18 Å². The van der Waals surface area contributed by atoms with Gasteiger partial charge >= 0.3 is 0 Å². The van der Waals surface area contributed by atoms with Crippen molar-refractivity contribution in [1.82, 2.24) is 0 Å². The zero-order chi connectivity index (χ0) is 8.77. The minimum atomic E-state index is -1.89. The molecule has 62 valence electrons. The number of benzene rings is 1. The molecule has 1 unspecified atom stereocenters. The van der Waals surface area contributed by atoms with E-state index in [9.17, 15) is 9.18 Å². The Labute approximate surface area is 82.3 Å². The predicted octanol–water partition coefficient (Wildman–Crippen LogP) is 2.20. The van der Waals surface area contributed by atoms with E-state index >= 15 is 0 Å². The first kappa shape index (κ1) is 7.97. The van der Waals surface area contributed by atoms with Crippen molar-refractivity contribution in [3.8, 4) is 0 Å². The van der Waals surface area contributed by atoms with Crippen molar-refractivity contribution in [1.29, 1.82) is 0 Å². The largest absolute Gasteiger partial charge is 0.322 e. The molecule has 0 saturated heterocycles. The lowest BCUT2D eigenvalue weighted by atomic mass is 10.1. The molecule has 0 bridgehead atoms. The van der Waals surface area contributed by atoms with Crippen LogP contribution in [0.15, 0.2) is 24.3 Å². The molecule has 1 heterocycles. The highest BCUT2D eigenvalue weighted by Gasteiger charge is 2.44. The third-order valence-corrected chi connectivity index (χ3v) is 2.87. The Balaban J connectivity index is 2.63. The van der Waals surface area contributed by atoms with E-state index in [0.717, 1.165) is 0 Å². The summed E-state index contributed by atoms with van der Waals surface area (Å²) in [5.41, 5.74) is 0.981. The van der Waals surface area contributed by atoms with E-state index in [0.29, 0.717) is 11.3 Å². The number of hydrogen-bond acceptors (Lipinski definition) is 1. The molecule has 0 radical (unpaired) electrons. The van der Waals surface area contributed by atoms with E-state index < -0.39 is 9.58 Å². The molecule has 0 saturated carbocycles. The fourth-order valence-electron chi connectivity index (χ4n) is 1.19. The molecule has 1 amide bonds. The highest BCUT2D eigenvalue weighted by Crippen LogP contribution is 2.43. The summed E-state index contributed by atoms with van der Waals surface area (Å²) in [5.74, 6) is -0.593. The zero-order valence-corrected chi connectivity index (χ0v) is 8.13. The fraction of sp³-hybridized carbons (Fsp3) is 0.125. The molecule has 2 rings (SSSR count). The van der Waals surface area contributed by atoms with Crippen LogP contribution in [-0.4, -0.2) is 5.91 Å². The number of amides is 1. The number of rotatable bonds is 0. The van der Waals surface area contributed by atoms with E-state index in [-0.39, 0.29) is 0 Å². The minimum absolute atomic E-state index is 0.413. The van der Waals surface area contributed by atoms with Gasteiger partial charge < -0.3 is 5.32 Å². The Kier molecular flexibility index (Phi) is 1.61. The smallest absolute Gasteiger partial charge is 0.277 e. The molecule has 12 heavy (non-hydrogen) atoms. The topological polar surface area (TPSA) is 29.1 Å². The number of para-hydroxylation sites is 1. The third-order valence-electron chi connectivity index (χ3n) is 1.80. The standard InChI is InChI=1S/C8H5FINO/c9-8(10)5-3-1-2-4-6(5)11-7(8)12/h1-4H,(H,11,12). The number of halogens is 2. The van der Waals surface area contributed by atoms with Crippen LogP contribution < -0.4 is 5.32 Å². The van der Waals surface area contributed by atoms with E-state index in [2.05, 4.69) is 5.32 Å². The van der Waals surface area contributed by atoms with Crippen LogP contribution in [0.1, 0.15) is 5.56 Å². The number of hydrogen-bond donors (Lipinski definition) is 1. The second-order valence-electron chi connectivity index (χ2n) is 2.57. The van der Waals surface area contributed by atoms with Gasteiger partial charge in [0.2, 0.25) is 0 Å². The van der Waals surface area contributed by atoms with Gasteiger partial charge in [0.15, 0.2) is 0 Å². The van der Waals surface area contributed by atoms with Crippen molar-refractivity contribution >= 4 is 34.2 Å². The summed E-state index contributed by atoms with van der Waals surface area (Å²) in [5, 5.41) is 2.47. The number of nitrogens with one attached hydrogen (secondary N) is 1. The molecule has 1 aliphatic rings. The lowest BCUT2D eigenvalue weighted by molar-refractivity contribution is -0.121. The van der Waals surface area contributed by atoms with Gasteiger partial charge in [-0.05, 0) is 28.7 Å². The number of fused-ring (bicyclic) bond motifs is 1. The molecule has 1 N–H and O–H groups in total. The second kappa shape index (κ2) is 2.42. The molecule has 0 spiro atoms. The molecule has 1 aromatic carbocycles. The van der Waals surface area contributed by atoms with Crippen LogP contribution >= 0.6 is 22.6 Å². The third kappa shape index (κ3) is 0.939. The summed E-state index contributed by atoms with van der Waals surface area (Å²) in [6, 6.07) is 6.77. The van der Waals surface area contributed by atoms with Crippen LogP contribution in [0.2, 0.25) is 0 Å². The van der Waals surface area contributed by atoms with Gasteiger partial charge in [-0.25, -0.2) is 4.39 Å². The molecular formula is C8H5FINO. The van der Waals surface area contributed by atoms with Crippen molar-refractivity contribution in [2.45, 2.75) is 3.68 Å². The molecule has 1 aliphatic heterocycles. The van der Waals surface area contributed by atoms with Crippen LogP contribution in [0.3, 0.4) is 0 Å². The van der Waals surface area contributed by atoms with Gasteiger partial charge in [-0.2, -0.15) is 0 Å². The van der Waals surface area contributed by atoms with E-state index in [1.165, 1.54) is 22.6 Å². The van der Waals surface area contributed by atoms with Gasteiger partial charge in [-0.1, -0.05) is 18.2 Å². The first-order valence-electron chi connectivity index (χ1n) is 3.41. The first-order valence-corrected chi connectivity index (χ1v) is 4.49. The Hall–Kier alpha value is -0.650. The van der Waals surface area contributed by atoms with Gasteiger partial charge in [0.25, 0.3) is 9.58 Å². The van der Waals surface area contributed by atoms with Crippen LogP contribution in [0.25, 0.3) is 0 Å². The molecule has 2 nitrogen and oxygen atoms in total. The van der Waals surface area contributed by atoms with E-state index in [1.54, 1.807) is 24.3 Å². The highest BCUT2D eigenvalue weighted by molar-refractivity contribution is 14.1. The summed E-state index contributed by atoms with van der Waals surface area (Å²) >= 11 is 1.50. The van der Waals surface area contributed by atoms with Crippen molar-refractivity contribution in [2.24, 2.45) is 0 Å². The summed E-state index contributed by atoms with van der Waals surface area (Å²) in [7, 11) is 0. The maximum absolute atomic E-state index is 13.6. The monoisotopic (exact) mass is 277 g/mol. The molecule has 1 aromatic rings. The van der Waals surface area contributed by atoms with Crippen LogP contribution in [-0.2, 0) is 8.47 Å². The van der Waals surface area contributed by atoms with Crippen LogP contribution in [0, 0.1) is 0 Å². The van der Waals surface area contributed by atoms with Gasteiger partial charge in [0, 0.05) is 11.3 Å². The van der Waals surface area contributed by atoms with Crippen LogP contribution in [0.5, 0.6) is 0 Å². The van der Waals surface area contributed by atoms with E-state index in [1.807, 2.05) is 0 Å². The summed E-state index contributed by atoms with van der Waals surface area (Å²) in [6.45, 7) is 0. The van der Waals surface area contributed by atoms with Gasteiger partial charge in [0.1, 0.15) is 0 Å². The van der Waals surface area contributed by atoms with Gasteiger partial charge in [0.05, 0.1) is 0 Å². The number of alkyl halides is 2. The number of carbonyl (C=O) groups excluding carboxylic acids is 1. The molecule has 1 atom stereocenters.